The van der Waals surface area contributed by atoms with Crippen LogP contribution in [-0.2, 0) is 16.6 Å². The predicted octanol–water partition coefficient (Wildman–Crippen LogP) is 2.77. The Morgan fingerprint density at radius 1 is 0.929 bits per heavy atom. The normalized spacial score (nSPS) is 33.8. The summed E-state index contributed by atoms with van der Waals surface area (Å²) in [5, 5.41) is 0. The van der Waals surface area contributed by atoms with Crippen molar-refractivity contribution in [1.82, 2.24) is 9.36 Å². The number of anilines is 1. The Morgan fingerprint density at radius 2 is 1.46 bits per heavy atom. The summed E-state index contributed by atoms with van der Waals surface area (Å²) in [6, 6.07) is 9.24. The molecule has 2 heterocycles. The fourth-order valence-corrected chi connectivity index (χ4v) is 7.25. The molecule has 6 atom stereocenters. The van der Waals surface area contributed by atoms with Crippen LogP contribution in [0.5, 0.6) is 0 Å². The number of halogens is 2. The van der Waals surface area contributed by atoms with Crippen molar-refractivity contribution in [2.24, 2.45) is 30.7 Å². The van der Waals surface area contributed by atoms with Gasteiger partial charge in [-0.3, -0.25) is 19.1 Å². The summed E-state index contributed by atoms with van der Waals surface area (Å²) >= 11 is 7.39. The lowest BCUT2D eigenvalue weighted by Gasteiger charge is -2.28. The minimum atomic E-state index is -0.342. The molecule has 2 aliphatic carbocycles. The van der Waals surface area contributed by atoms with E-state index in [4.69, 9.17) is 0 Å². The first-order chi connectivity index (χ1) is 13.3. The van der Waals surface area contributed by atoms with Crippen LogP contribution in [0.4, 0.5) is 5.69 Å². The van der Waals surface area contributed by atoms with Gasteiger partial charge >= 0.3 is 0 Å². The fourth-order valence-electron chi connectivity index (χ4n) is 5.38. The average Bonchev–Trinajstić information content (AvgIpc) is 3.34. The average molecular weight is 509 g/mol. The third kappa shape index (κ3) is 2.16. The van der Waals surface area contributed by atoms with Gasteiger partial charge in [0.2, 0.25) is 11.8 Å². The molecule has 1 aromatic carbocycles. The first-order valence-electron chi connectivity index (χ1n) is 9.34. The number of imide groups is 1. The van der Waals surface area contributed by atoms with Gasteiger partial charge in [-0.15, -0.1) is 0 Å². The summed E-state index contributed by atoms with van der Waals surface area (Å²) in [4.78, 5) is 41.4. The van der Waals surface area contributed by atoms with Crippen molar-refractivity contribution < 1.29 is 9.59 Å². The third-order valence-electron chi connectivity index (χ3n) is 6.73. The molecule has 1 aromatic heterocycles. The molecule has 6 nitrogen and oxygen atoms in total. The number of benzene rings is 1. The molecule has 1 aliphatic heterocycles. The molecule has 3 aliphatic rings. The van der Waals surface area contributed by atoms with Gasteiger partial charge in [0, 0.05) is 16.7 Å². The first kappa shape index (κ1) is 18.4. The van der Waals surface area contributed by atoms with E-state index in [-0.39, 0.29) is 56.4 Å². The number of para-hydroxylation sites is 1. The van der Waals surface area contributed by atoms with Crippen LogP contribution in [0.15, 0.2) is 35.1 Å². The Bertz CT molecular complexity index is 1030. The number of fused-ring (bicyclic) bond motifs is 5. The van der Waals surface area contributed by atoms with E-state index in [1.165, 1.54) is 9.58 Å². The number of carbonyl (C=O) groups is 2. The van der Waals surface area contributed by atoms with Crippen LogP contribution < -0.4 is 10.5 Å². The number of hydrogen-bond donors (Lipinski definition) is 0. The van der Waals surface area contributed by atoms with E-state index in [9.17, 15) is 14.4 Å². The van der Waals surface area contributed by atoms with Crippen molar-refractivity contribution in [3.63, 3.8) is 0 Å². The van der Waals surface area contributed by atoms with Crippen LogP contribution in [0, 0.1) is 30.6 Å². The maximum Gasteiger partial charge on any atom is 0.296 e. The van der Waals surface area contributed by atoms with E-state index < -0.39 is 0 Å². The highest BCUT2D eigenvalue weighted by Crippen LogP contribution is 2.60. The highest BCUT2D eigenvalue weighted by molar-refractivity contribution is 9.12. The SMILES string of the molecule is Cc1c(N2C(=O)[C@@H]3[C@H]4C[C@@H]([C@H](Br)[C@H]4Br)[C@H]3C2=O)c(=O)n(-c2ccccc2)n1C. The molecule has 2 saturated carbocycles. The lowest BCUT2D eigenvalue weighted by molar-refractivity contribution is -0.123. The molecular weight excluding hydrogens is 490 g/mol. The Kier molecular flexibility index (Phi) is 4.04. The van der Waals surface area contributed by atoms with Gasteiger partial charge in [-0.05, 0) is 37.3 Å². The quantitative estimate of drug-likeness (QED) is 0.463. The van der Waals surface area contributed by atoms with Gasteiger partial charge in [-0.2, -0.15) is 0 Å². The second-order valence-corrected chi connectivity index (χ2v) is 10.0. The molecule has 5 rings (SSSR count). The highest BCUT2D eigenvalue weighted by atomic mass is 79.9. The number of rotatable bonds is 2. The van der Waals surface area contributed by atoms with Gasteiger partial charge in [-0.25, -0.2) is 9.58 Å². The van der Waals surface area contributed by atoms with Gasteiger partial charge in [-0.1, -0.05) is 50.1 Å². The molecule has 0 N–H and O–H groups in total. The number of nitrogens with zero attached hydrogens (tertiary/aromatic N) is 3. The molecule has 2 bridgehead atoms. The van der Waals surface area contributed by atoms with Crippen LogP contribution in [0.25, 0.3) is 5.69 Å². The summed E-state index contributed by atoms with van der Waals surface area (Å²) in [6.45, 7) is 1.78. The van der Waals surface area contributed by atoms with Crippen LogP contribution in [0.2, 0.25) is 0 Å². The van der Waals surface area contributed by atoms with Crippen molar-refractivity contribution in [2.75, 3.05) is 4.90 Å². The molecule has 28 heavy (non-hydrogen) atoms. The Labute approximate surface area is 178 Å². The van der Waals surface area contributed by atoms with Gasteiger partial charge in [0.25, 0.3) is 5.56 Å². The lowest BCUT2D eigenvalue weighted by atomic mass is 9.81. The zero-order chi connectivity index (χ0) is 19.9. The zero-order valence-electron chi connectivity index (χ0n) is 15.4. The first-order valence-corrected chi connectivity index (χ1v) is 11.2. The van der Waals surface area contributed by atoms with Crippen LogP contribution in [-0.4, -0.2) is 30.8 Å². The summed E-state index contributed by atoms with van der Waals surface area (Å²) in [6.07, 6.45) is 0.870. The van der Waals surface area contributed by atoms with E-state index >= 15 is 0 Å². The molecule has 0 unspecified atom stereocenters. The van der Waals surface area contributed by atoms with E-state index in [2.05, 4.69) is 31.9 Å². The van der Waals surface area contributed by atoms with Gasteiger partial charge in [0.15, 0.2) is 0 Å². The van der Waals surface area contributed by atoms with E-state index in [1.807, 2.05) is 30.3 Å². The number of alkyl halides is 2. The molecule has 8 heteroatoms. The maximum atomic E-state index is 13.3. The second-order valence-electron chi connectivity index (χ2n) is 7.93. The number of hydrogen-bond acceptors (Lipinski definition) is 3. The molecule has 2 aromatic rings. The van der Waals surface area contributed by atoms with Crippen LogP contribution in [0.1, 0.15) is 12.1 Å². The topological polar surface area (TPSA) is 64.3 Å². The summed E-state index contributed by atoms with van der Waals surface area (Å²) in [5.41, 5.74) is 1.15. The molecular formula is C20H19Br2N3O3. The Balaban J connectivity index is 1.63. The second kappa shape index (κ2) is 6.16. The molecule has 1 saturated heterocycles. The molecule has 0 spiro atoms. The summed E-state index contributed by atoms with van der Waals surface area (Å²) in [5.74, 6) is -0.864. The van der Waals surface area contributed by atoms with E-state index in [0.29, 0.717) is 11.4 Å². The molecule has 3 fully saturated rings. The van der Waals surface area contributed by atoms with Crippen molar-refractivity contribution in [1.29, 1.82) is 0 Å². The summed E-state index contributed by atoms with van der Waals surface area (Å²) in [7, 11) is 1.77. The van der Waals surface area contributed by atoms with Gasteiger partial charge in [0.05, 0.1) is 23.2 Å². The third-order valence-corrected chi connectivity index (χ3v) is 9.94. The monoisotopic (exact) mass is 507 g/mol. The molecule has 2 amide bonds. The zero-order valence-corrected chi connectivity index (χ0v) is 18.6. The minimum absolute atomic E-state index is 0.126. The van der Waals surface area contributed by atoms with E-state index in [0.717, 1.165) is 6.42 Å². The summed E-state index contributed by atoms with van der Waals surface area (Å²) < 4.78 is 3.21. The van der Waals surface area contributed by atoms with Crippen LogP contribution in [0.3, 0.4) is 0 Å². The van der Waals surface area contributed by atoms with Gasteiger partial charge < -0.3 is 0 Å². The Hall–Kier alpha value is -1.67. The molecule has 0 radical (unpaired) electrons. The minimum Gasteiger partial charge on any atom is -0.283 e. The van der Waals surface area contributed by atoms with Crippen LogP contribution >= 0.6 is 31.9 Å². The lowest BCUT2D eigenvalue weighted by Crippen LogP contribution is -2.37. The standard InChI is InChI=1S/C20H19Br2N3O3/c1-9-17(20(28)25(23(9)2)10-6-4-3-5-7-10)24-18(26)13-11-8-12(14(13)19(24)27)16(22)15(11)21/h3-7,11-16H,8H2,1-2H3/t11-,12-,13-,14-,15+,16+/m1/s1. The number of amides is 2. The fraction of sp³-hybridized carbons (Fsp3) is 0.450. The Morgan fingerprint density at radius 3 is 2.00 bits per heavy atom. The maximum absolute atomic E-state index is 13.3. The number of carbonyl (C=O) groups excluding carboxylic acids is 2. The largest absolute Gasteiger partial charge is 0.296 e. The van der Waals surface area contributed by atoms with E-state index in [1.54, 1.807) is 18.7 Å². The predicted molar refractivity (Wildman–Crippen MR) is 112 cm³/mol. The van der Waals surface area contributed by atoms with Crippen molar-refractivity contribution >= 4 is 49.4 Å². The van der Waals surface area contributed by atoms with Gasteiger partial charge in [0.1, 0.15) is 5.69 Å². The highest BCUT2D eigenvalue weighted by Gasteiger charge is 2.67. The van der Waals surface area contributed by atoms with Crippen molar-refractivity contribution in [3.8, 4) is 5.69 Å². The molecule has 146 valence electrons. The van der Waals surface area contributed by atoms with Crippen molar-refractivity contribution in [2.45, 2.75) is 23.0 Å². The van der Waals surface area contributed by atoms with Crippen molar-refractivity contribution in [3.05, 3.63) is 46.4 Å². The number of aromatic nitrogens is 2. The smallest absolute Gasteiger partial charge is 0.283 e.